The number of sulfone groups is 1. The van der Waals surface area contributed by atoms with Crippen LogP contribution in [0.1, 0.15) is 30.0 Å². The summed E-state index contributed by atoms with van der Waals surface area (Å²) in [5, 5.41) is 10.7. The average molecular weight is 470 g/mol. The summed E-state index contributed by atoms with van der Waals surface area (Å²) in [5.74, 6) is 0.526. The van der Waals surface area contributed by atoms with Crippen LogP contribution >= 0.6 is 0 Å². The molecule has 3 aromatic carbocycles. The molecule has 0 amide bonds. The third kappa shape index (κ3) is 3.87. The molecule has 1 aromatic heterocycles. The number of benzene rings is 3. The molecule has 1 N–H and O–H groups in total. The van der Waals surface area contributed by atoms with Crippen molar-refractivity contribution in [3.8, 4) is 16.9 Å². The van der Waals surface area contributed by atoms with Crippen LogP contribution in [-0.4, -0.2) is 35.9 Å². The second-order valence-electron chi connectivity index (χ2n) is 8.02. The van der Waals surface area contributed by atoms with E-state index in [9.17, 15) is 22.3 Å². The van der Waals surface area contributed by atoms with Gasteiger partial charge in [-0.2, -0.15) is 8.78 Å². The lowest BCUT2D eigenvalue weighted by molar-refractivity contribution is -0.0507. The van der Waals surface area contributed by atoms with E-state index in [1.54, 1.807) is 42.5 Å². The molecule has 0 spiro atoms. The quantitative estimate of drug-likeness (QED) is 0.456. The Bertz CT molecular complexity index is 1450. The summed E-state index contributed by atoms with van der Waals surface area (Å²) in [7, 11) is -3.30. The van der Waals surface area contributed by atoms with Crippen molar-refractivity contribution in [1.82, 2.24) is 9.55 Å². The minimum absolute atomic E-state index is 0.0620. The van der Waals surface area contributed by atoms with Crippen LogP contribution in [0.25, 0.3) is 22.2 Å². The number of aromatic nitrogens is 2. The largest absolute Gasteiger partial charge is 0.434 e. The zero-order chi connectivity index (χ0) is 23.3. The molecule has 170 valence electrons. The molecule has 0 saturated carbocycles. The van der Waals surface area contributed by atoms with Gasteiger partial charge in [0.1, 0.15) is 17.7 Å². The Labute approximate surface area is 189 Å². The highest BCUT2D eigenvalue weighted by molar-refractivity contribution is 7.90. The number of para-hydroxylation sites is 1. The van der Waals surface area contributed by atoms with Gasteiger partial charge in [0.15, 0.2) is 9.84 Å². The molecular weight excluding hydrogens is 450 g/mol. The molecule has 1 aliphatic heterocycles. The van der Waals surface area contributed by atoms with Crippen molar-refractivity contribution >= 4 is 20.9 Å². The van der Waals surface area contributed by atoms with Gasteiger partial charge in [-0.25, -0.2) is 13.4 Å². The van der Waals surface area contributed by atoms with Gasteiger partial charge in [0, 0.05) is 18.2 Å². The standard InChI is InChI=1S/C24H20F2N2O4S/c1-33(30,31)16-9-6-14(7-10-16)15-8-11-18-20(12-15)28-19(13-21(29)23(28)27-18)17-4-2-3-5-22(17)32-24(25)26/h2-12,19,21,24,29H,13H2,1H3. The Balaban J connectivity index is 1.62. The maximum atomic E-state index is 13.0. The molecule has 5 rings (SSSR count). The molecule has 1 aliphatic rings. The first-order valence-corrected chi connectivity index (χ1v) is 12.2. The van der Waals surface area contributed by atoms with Crippen molar-refractivity contribution in [2.24, 2.45) is 0 Å². The molecule has 2 unspecified atom stereocenters. The van der Waals surface area contributed by atoms with Crippen molar-refractivity contribution in [1.29, 1.82) is 0 Å². The van der Waals surface area contributed by atoms with Crippen LogP contribution in [0.5, 0.6) is 5.75 Å². The fraction of sp³-hybridized carbons (Fsp3) is 0.208. The van der Waals surface area contributed by atoms with Gasteiger partial charge in [-0.3, -0.25) is 0 Å². The Morgan fingerprint density at radius 3 is 2.45 bits per heavy atom. The minimum Gasteiger partial charge on any atom is -0.434 e. The van der Waals surface area contributed by atoms with Crippen LogP contribution in [0.15, 0.2) is 71.6 Å². The predicted molar refractivity (Wildman–Crippen MR) is 119 cm³/mol. The fourth-order valence-corrected chi connectivity index (χ4v) is 5.03. The van der Waals surface area contributed by atoms with Crippen LogP contribution in [-0.2, 0) is 9.84 Å². The van der Waals surface area contributed by atoms with Crippen LogP contribution in [0.4, 0.5) is 8.78 Å². The molecule has 2 heterocycles. The van der Waals surface area contributed by atoms with Crippen molar-refractivity contribution in [3.63, 3.8) is 0 Å². The Morgan fingerprint density at radius 2 is 1.76 bits per heavy atom. The van der Waals surface area contributed by atoms with E-state index in [0.29, 0.717) is 16.9 Å². The van der Waals surface area contributed by atoms with E-state index >= 15 is 0 Å². The first-order chi connectivity index (χ1) is 15.7. The van der Waals surface area contributed by atoms with Gasteiger partial charge in [-0.1, -0.05) is 36.4 Å². The van der Waals surface area contributed by atoms with Crippen LogP contribution in [0.2, 0.25) is 0 Å². The Hall–Kier alpha value is -3.30. The lowest BCUT2D eigenvalue weighted by Crippen LogP contribution is -2.10. The zero-order valence-corrected chi connectivity index (χ0v) is 18.3. The molecule has 4 aromatic rings. The summed E-state index contributed by atoms with van der Waals surface area (Å²) in [5.41, 5.74) is 3.59. The highest BCUT2D eigenvalue weighted by atomic mass is 32.2. The number of aliphatic hydroxyl groups excluding tert-OH is 1. The molecule has 0 radical (unpaired) electrons. The van der Waals surface area contributed by atoms with Gasteiger partial charge >= 0.3 is 6.61 Å². The summed E-state index contributed by atoms with van der Waals surface area (Å²) in [6.07, 6.45) is 0.597. The van der Waals surface area contributed by atoms with Crippen LogP contribution in [0.3, 0.4) is 0 Å². The first kappa shape index (κ1) is 21.5. The third-order valence-electron chi connectivity index (χ3n) is 5.88. The normalized spacial score (nSPS) is 18.1. The lowest BCUT2D eigenvalue weighted by atomic mass is 10.0. The van der Waals surface area contributed by atoms with Gasteiger partial charge in [0.2, 0.25) is 0 Å². The molecule has 6 nitrogen and oxygen atoms in total. The SMILES string of the molecule is CS(=O)(=O)c1ccc(-c2ccc3nc4n(c3c2)C(c2ccccc2OC(F)F)CC4O)cc1. The minimum atomic E-state index is -3.30. The maximum Gasteiger partial charge on any atom is 0.387 e. The fourth-order valence-electron chi connectivity index (χ4n) is 4.40. The smallest absolute Gasteiger partial charge is 0.387 e. The van der Waals surface area contributed by atoms with Crippen molar-refractivity contribution in [2.75, 3.05) is 6.26 Å². The third-order valence-corrected chi connectivity index (χ3v) is 7.01. The summed E-state index contributed by atoms with van der Waals surface area (Å²) >= 11 is 0. The molecule has 9 heteroatoms. The highest BCUT2D eigenvalue weighted by Gasteiger charge is 2.35. The summed E-state index contributed by atoms with van der Waals surface area (Å²) < 4.78 is 56.0. The second-order valence-corrected chi connectivity index (χ2v) is 10.0. The number of rotatable bonds is 5. The van der Waals surface area contributed by atoms with Gasteiger partial charge < -0.3 is 14.4 Å². The molecule has 0 fully saturated rings. The number of nitrogens with zero attached hydrogens (tertiary/aromatic N) is 2. The van der Waals surface area contributed by atoms with Gasteiger partial charge in [-0.05, 0) is 41.5 Å². The van der Waals surface area contributed by atoms with E-state index in [-0.39, 0.29) is 17.1 Å². The lowest BCUT2D eigenvalue weighted by Gasteiger charge is -2.19. The van der Waals surface area contributed by atoms with Crippen molar-refractivity contribution < 1.29 is 27.0 Å². The van der Waals surface area contributed by atoms with Gasteiger partial charge in [0.05, 0.1) is 22.0 Å². The maximum absolute atomic E-state index is 13.0. The summed E-state index contributed by atoms with van der Waals surface area (Å²) in [4.78, 5) is 4.80. The number of halogens is 2. The van der Waals surface area contributed by atoms with E-state index in [1.165, 1.54) is 6.07 Å². The molecule has 0 bridgehead atoms. The van der Waals surface area contributed by atoms with E-state index in [1.807, 2.05) is 22.8 Å². The predicted octanol–water partition coefficient (Wildman–Crippen LogP) is 4.73. The van der Waals surface area contributed by atoms with Crippen molar-refractivity contribution in [3.05, 3.63) is 78.1 Å². The van der Waals surface area contributed by atoms with Crippen molar-refractivity contribution in [2.45, 2.75) is 30.1 Å². The van der Waals surface area contributed by atoms with E-state index < -0.39 is 28.6 Å². The molecule has 0 saturated heterocycles. The number of fused-ring (bicyclic) bond motifs is 3. The van der Waals surface area contributed by atoms with Gasteiger partial charge in [-0.15, -0.1) is 0 Å². The second kappa shape index (κ2) is 7.93. The number of alkyl halides is 2. The van der Waals surface area contributed by atoms with Gasteiger partial charge in [0.25, 0.3) is 0 Å². The average Bonchev–Trinajstić information content (AvgIpc) is 3.30. The van der Waals surface area contributed by atoms with E-state index in [0.717, 1.165) is 22.9 Å². The number of hydrogen-bond acceptors (Lipinski definition) is 5. The summed E-state index contributed by atoms with van der Waals surface area (Å²) in [6.45, 7) is -2.96. The highest BCUT2D eigenvalue weighted by Crippen LogP contribution is 2.44. The van der Waals surface area contributed by atoms with Crippen LogP contribution in [0, 0.1) is 0 Å². The molecule has 2 atom stereocenters. The molecule has 0 aliphatic carbocycles. The number of aliphatic hydroxyl groups is 1. The number of hydrogen-bond donors (Lipinski definition) is 1. The van der Waals surface area contributed by atoms with E-state index in [4.69, 9.17) is 4.74 Å². The topological polar surface area (TPSA) is 81.4 Å². The molecular formula is C24H20F2N2O4S. The monoisotopic (exact) mass is 470 g/mol. The van der Waals surface area contributed by atoms with Crippen LogP contribution < -0.4 is 4.74 Å². The Kier molecular flexibility index (Phi) is 5.18. The zero-order valence-electron chi connectivity index (χ0n) is 17.5. The number of imidazole rings is 1. The first-order valence-electron chi connectivity index (χ1n) is 10.3. The summed E-state index contributed by atoms with van der Waals surface area (Å²) in [6, 6.07) is 18.3. The number of ether oxygens (including phenoxy) is 1. The van der Waals surface area contributed by atoms with E-state index in [2.05, 4.69) is 4.98 Å². The Morgan fingerprint density at radius 1 is 1.06 bits per heavy atom. The molecule has 33 heavy (non-hydrogen) atoms.